The summed E-state index contributed by atoms with van der Waals surface area (Å²) in [6.07, 6.45) is -1.31. The molecule has 2 saturated carbocycles. The Morgan fingerprint density at radius 1 is 1.23 bits per heavy atom. The summed E-state index contributed by atoms with van der Waals surface area (Å²) in [5.41, 5.74) is 4.07. The highest BCUT2D eigenvalue weighted by molar-refractivity contribution is 6.25. The van der Waals surface area contributed by atoms with E-state index in [4.69, 9.17) is 5.73 Å². The average Bonchev–Trinajstić information content (AvgIpc) is 2.73. The Morgan fingerprint density at radius 2 is 1.86 bits per heavy atom. The van der Waals surface area contributed by atoms with E-state index >= 15 is 0 Å². The van der Waals surface area contributed by atoms with Crippen LogP contribution in [0.15, 0.2) is 11.6 Å². The molecule has 35 heavy (non-hydrogen) atoms. The quantitative estimate of drug-likeness (QED) is 0.353. The van der Waals surface area contributed by atoms with Crippen molar-refractivity contribution >= 4 is 29.0 Å². The molecule has 1 aromatic rings. The topological polar surface area (TPSA) is 178 Å². The summed E-state index contributed by atoms with van der Waals surface area (Å²) in [6, 6.07) is 0.736. The van der Waals surface area contributed by atoms with Crippen molar-refractivity contribution in [2.45, 2.75) is 50.9 Å². The molecular weight excluding hydrogens is 456 g/mol. The van der Waals surface area contributed by atoms with Crippen LogP contribution in [0.1, 0.15) is 35.6 Å². The third kappa shape index (κ3) is 3.42. The van der Waals surface area contributed by atoms with E-state index < -0.39 is 58.7 Å². The Bertz CT molecular complexity index is 1200. The monoisotopic (exact) mass is 486 g/mol. The van der Waals surface area contributed by atoms with Crippen molar-refractivity contribution in [2.75, 3.05) is 14.1 Å². The zero-order chi connectivity index (χ0) is 26.1. The van der Waals surface area contributed by atoms with Crippen molar-refractivity contribution < 1.29 is 39.6 Å². The highest BCUT2D eigenvalue weighted by Gasteiger charge is 2.67. The number of nitrogens with two attached hydrogens (primary N) is 1. The molecule has 6 unspecified atom stereocenters. The van der Waals surface area contributed by atoms with Crippen molar-refractivity contribution in [3.63, 3.8) is 0 Å². The van der Waals surface area contributed by atoms with Gasteiger partial charge in [-0.1, -0.05) is 6.07 Å². The first kappa shape index (κ1) is 25.0. The number of amides is 1. The number of likely N-dealkylation sites (N-methyl/N-ethyl adjacent to an activating group) is 1. The van der Waals surface area contributed by atoms with Gasteiger partial charge < -0.3 is 31.1 Å². The van der Waals surface area contributed by atoms with Crippen LogP contribution < -0.4 is 5.73 Å². The maximum Gasteiger partial charge on any atom is 0.230 e. The molecule has 0 saturated heterocycles. The number of benzene rings is 1. The van der Waals surface area contributed by atoms with Crippen LogP contribution in [0.5, 0.6) is 5.75 Å². The molecule has 1 amide bonds. The second-order valence-corrected chi connectivity index (χ2v) is 10.2. The molecule has 1 aromatic carbocycles. The number of fused-ring (bicyclic) bond motifs is 3. The van der Waals surface area contributed by atoms with Gasteiger partial charge in [0.2, 0.25) is 11.7 Å². The van der Waals surface area contributed by atoms with Crippen molar-refractivity contribution in [2.24, 2.45) is 23.5 Å². The molecule has 3 aliphatic rings. The molecule has 0 radical (unpaired) electrons. The van der Waals surface area contributed by atoms with Crippen LogP contribution in [0.2, 0.25) is 0 Å². The largest absolute Gasteiger partial charge is 0.507 e. The third-order valence-corrected chi connectivity index (χ3v) is 7.83. The number of Topliss-reactive ketones (excluding diaryl/α,β-unsaturated/α-hetero) is 3. The lowest BCUT2D eigenvalue weighted by Gasteiger charge is -2.53. The lowest BCUT2D eigenvalue weighted by atomic mass is 9.54. The minimum Gasteiger partial charge on any atom is -0.507 e. The first-order valence-corrected chi connectivity index (χ1v) is 11.5. The highest BCUT2D eigenvalue weighted by atomic mass is 16.3. The van der Waals surface area contributed by atoms with E-state index in [1.54, 1.807) is 32.0 Å². The molecule has 6 N–H and O–H groups in total. The van der Waals surface area contributed by atoms with E-state index in [-0.39, 0.29) is 47.5 Å². The van der Waals surface area contributed by atoms with Gasteiger partial charge in [0.05, 0.1) is 11.7 Å². The molecule has 10 heteroatoms. The number of primary amides is 1. The SMILES string of the molecule is CC(=O)Cc1cc(C)c2c(c1O)C(O)=C1C(=O)C3(O)C(=O)C(C(N)=O)C(O)C(N(C)C)C3CC1C2. The van der Waals surface area contributed by atoms with Crippen LogP contribution in [0.3, 0.4) is 0 Å². The smallest absolute Gasteiger partial charge is 0.230 e. The predicted octanol–water partition coefficient (Wildman–Crippen LogP) is -0.431. The van der Waals surface area contributed by atoms with E-state index in [1.807, 2.05) is 0 Å². The summed E-state index contributed by atoms with van der Waals surface area (Å²) in [6.45, 7) is 3.14. The fourth-order valence-electron chi connectivity index (χ4n) is 6.33. The van der Waals surface area contributed by atoms with E-state index in [2.05, 4.69) is 0 Å². The summed E-state index contributed by atoms with van der Waals surface area (Å²) in [4.78, 5) is 52.3. The third-order valence-electron chi connectivity index (χ3n) is 7.83. The minimum absolute atomic E-state index is 0.00167. The standard InChI is InChI=1S/C25H30N2O8/c1-9-5-12(6-10(2)28)19(29)16-13(9)7-11-8-14-18(27(3)4)21(31)17(24(26)34)23(33)25(14,35)22(32)15(11)20(16)30/h5,11,14,17-18,21,29-31,35H,6-8H2,1-4H3,(H2,26,34). The van der Waals surface area contributed by atoms with Gasteiger partial charge in [-0.2, -0.15) is 0 Å². The van der Waals surface area contributed by atoms with Crippen molar-refractivity contribution in [3.8, 4) is 5.75 Å². The first-order chi connectivity index (χ1) is 16.2. The molecule has 188 valence electrons. The van der Waals surface area contributed by atoms with Crippen LogP contribution in [-0.4, -0.2) is 80.4 Å². The number of phenolic OH excluding ortho intramolecular Hbond substituents is 1. The molecule has 0 aromatic heterocycles. The van der Waals surface area contributed by atoms with Crippen molar-refractivity contribution in [3.05, 3.63) is 33.9 Å². The van der Waals surface area contributed by atoms with Gasteiger partial charge in [-0.15, -0.1) is 0 Å². The second-order valence-electron chi connectivity index (χ2n) is 10.2. The van der Waals surface area contributed by atoms with Gasteiger partial charge in [0, 0.05) is 29.5 Å². The number of hydrogen-bond donors (Lipinski definition) is 5. The molecule has 0 spiro atoms. The number of ketones is 3. The zero-order valence-electron chi connectivity index (χ0n) is 20.0. The maximum atomic E-state index is 13.8. The van der Waals surface area contributed by atoms with Crippen LogP contribution in [0.25, 0.3) is 5.76 Å². The van der Waals surface area contributed by atoms with E-state index in [9.17, 15) is 39.6 Å². The Kier molecular flexibility index (Phi) is 5.90. The van der Waals surface area contributed by atoms with Crippen molar-refractivity contribution in [1.82, 2.24) is 4.90 Å². The minimum atomic E-state index is -2.69. The number of aliphatic hydroxyl groups excluding tert-OH is 2. The molecule has 6 atom stereocenters. The van der Waals surface area contributed by atoms with Crippen LogP contribution in [-0.2, 0) is 32.0 Å². The second kappa shape index (κ2) is 8.25. The fraction of sp³-hybridized carbons (Fsp3) is 0.520. The number of phenols is 1. The summed E-state index contributed by atoms with van der Waals surface area (Å²) < 4.78 is 0. The van der Waals surface area contributed by atoms with Crippen LogP contribution >= 0.6 is 0 Å². The number of aliphatic hydroxyl groups is 3. The highest BCUT2D eigenvalue weighted by Crippen LogP contribution is 2.52. The molecule has 10 nitrogen and oxygen atoms in total. The van der Waals surface area contributed by atoms with E-state index in [0.29, 0.717) is 11.1 Å². The first-order valence-electron chi connectivity index (χ1n) is 11.5. The molecule has 0 aliphatic heterocycles. The lowest BCUT2D eigenvalue weighted by molar-refractivity contribution is -0.184. The predicted molar refractivity (Wildman–Crippen MR) is 123 cm³/mol. The van der Waals surface area contributed by atoms with Gasteiger partial charge in [-0.3, -0.25) is 19.2 Å². The number of carbonyl (C=O) groups excluding carboxylic acids is 4. The average molecular weight is 487 g/mol. The van der Waals surface area contributed by atoms with Gasteiger partial charge in [-0.05, 0) is 57.8 Å². The molecular formula is C25H30N2O8. The van der Waals surface area contributed by atoms with Gasteiger partial charge in [0.15, 0.2) is 11.4 Å². The maximum absolute atomic E-state index is 13.8. The zero-order valence-corrected chi connectivity index (χ0v) is 20.0. The van der Waals surface area contributed by atoms with Gasteiger partial charge in [0.25, 0.3) is 0 Å². The van der Waals surface area contributed by atoms with E-state index in [1.165, 1.54) is 6.92 Å². The molecule has 2 fully saturated rings. The summed E-state index contributed by atoms with van der Waals surface area (Å²) in [5, 5.41) is 44.6. The van der Waals surface area contributed by atoms with Crippen LogP contribution in [0, 0.1) is 24.7 Å². The van der Waals surface area contributed by atoms with Crippen LogP contribution in [0.4, 0.5) is 0 Å². The lowest BCUT2D eigenvalue weighted by Crippen LogP contribution is -2.73. The summed E-state index contributed by atoms with van der Waals surface area (Å²) in [7, 11) is 3.20. The van der Waals surface area contributed by atoms with Gasteiger partial charge >= 0.3 is 0 Å². The Labute approximate surface area is 202 Å². The number of nitrogens with zero attached hydrogens (tertiary/aromatic N) is 1. The van der Waals surface area contributed by atoms with Gasteiger partial charge in [0.1, 0.15) is 23.2 Å². The fourth-order valence-corrected chi connectivity index (χ4v) is 6.33. The Balaban J connectivity index is 1.93. The normalized spacial score (nSPS) is 32.3. The van der Waals surface area contributed by atoms with E-state index in [0.717, 1.165) is 0 Å². The number of rotatable bonds is 4. The Hall–Kier alpha value is -3.08. The summed E-state index contributed by atoms with van der Waals surface area (Å²) >= 11 is 0. The van der Waals surface area contributed by atoms with Gasteiger partial charge in [-0.25, -0.2) is 0 Å². The molecule has 3 aliphatic carbocycles. The molecule has 0 heterocycles. The molecule has 4 rings (SSSR count). The molecule has 0 bridgehead atoms. The number of aromatic hydroxyl groups is 1. The number of hydrogen-bond acceptors (Lipinski definition) is 9. The number of aryl methyl sites for hydroxylation is 1. The number of carbonyl (C=O) groups is 4. The summed E-state index contributed by atoms with van der Waals surface area (Å²) in [5.74, 6) is -7.99. The van der Waals surface area contributed by atoms with Crippen molar-refractivity contribution in [1.29, 1.82) is 0 Å². The Morgan fingerprint density at radius 3 is 2.40 bits per heavy atom.